The maximum atomic E-state index is 6.08. The molecular weight excluding hydrogens is 418 g/mol. The van der Waals surface area contributed by atoms with E-state index in [4.69, 9.17) is 16.2 Å². The summed E-state index contributed by atoms with van der Waals surface area (Å²) in [7, 11) is 0. The van der Waals surface area contributed by atoms with Crippen molar-refractivity contribution in [1.29, 1.82) is 0 Å². The Morgan fingerprint density at radius 3 is 1.65 bits per heavy atom. The number of ether oxygens (including phenoxy) is 1. The summed E-state index contributed by atoms with van der Waals surface area (Å²) in [6.45, 7) is 5.71. The van der Waals surface area contributed by atoms with E-state index in [9.17, 15) is 0 Å². The van der Waals surface area contributed by atoms with Crippen LogP contribution in [0.4, 0.5) is 0 Å². The van der Waals surface area contributed by atoms with E-state index in [-0.39, 0.29) is 5.99 Å². The second kappa shape index (κ2) is 12.3. The van der Waals surface area contributed by atoms with Gasteiger partial charge in [0.15, 0.2) is 0 Å². The largest absolute Gasteiger partial charge is 0.457 e. The van der Waals surface area contributed by atoms with E-state index in [1.807, 2.05) is 47.5 Å². The van der Waals surface area contributed by atoms with Crippen LogP contribution in [0.2, 0.25) is 6.82 Å². The summed E-state index contributed by atoms with van der Waals surface area (Å²) in [5, 5.41) is 0. The molecule has 0 amide bonds. The first kappa shape index (κ1) is 23.9. The summed E-state index contributed by atoms with van der Waals surface area (Å²) >= 11 is 3.75. The summed E-state index contributed by atoms with van der Waals surface area (Å²) in [6, 6.07) is 25.5. The highest BCUT2D eigenvalue weighted by Gasteiger charge is 2.19. The highest BCUT2D eigenvalue weighted by atomic mass is 32.2. The maximum Gasteiger partial charge on any atom is 0.274 e. The van der Waals surface area contributed by atoms with Gasteiger partial charge in [0, 0.05) is 13.1 Å². The minimum Gasteiger partial charge on any atom is -0.457 e. The average Bonchev–Trinajstić information content (AvgIpc) is 2.80. The summed E-state index contributed by atoms with van der Waals surface area (Å²) in [6.07, 6.45) is 0. The molecule has 3 nitrogen and oxygen atoms in total. The first-order chi connectivity index (χ1) is 15.1. The minimum absolute atomic E-state index is 0.269. The highest BCUT2D eigenvalue weighted by molar-refractivity contribution is 8.28. The monoisotopic (exact) mass is 448 g/mol. The fraction of sp³-hybridized carbons (Fsp3) is 0.250. The van der Waals surface area contributed by atoms with Crippen LogP contribution in [0.1, 0.15) is 5.56 Å². The van der Waals surface area contributed by atoms with E-state index < -0.39 is 0 Å². The molecule has 31 heavy (non-hydrogen) atoms. The van der Waals surface area contributed by atoms with Crippen molar-refractivity contribution in [2.24, 2.45) is 11.5 Å². The van der Waals surface area contributed by atoms with Gasteiger partial charge in [-0.25, -0.2) is 11.6 Å². The van der Waals surface area contributed by atoms with Crippen LogP contribution in [0, 0.1) is 6.92 Å². The van der Waals surface area contributed by atoms with Crippen molar-refractivity contribution in [3.63, 3.8) is 0 Å². The van der Waals surface area contributed by atoms with Gasteiger partial charge in [-0.1, -0.05) is 77.3 Å². The fourth-order valence-electron chi connectivity index (χ4n) is 3.31. The third-order valence-corrected chi connectivity index (χ3v) is 7.63. The summed E-state index contributed by atoms with van der Waals surface area (Å²) in [5.41, 5.74) is 16.5. The lowest BCUT2D eigenvalue weighted by Gasteiger charge is -2.15. The number of nitrogens with two attached hydrogens (primary N) is 2. The standard InChI is InChI=1S/C24H30B2N2OS2/c1-19-3-5-21(6-4-19)26(31-18-16-28)22-9-13-24(14-10-22)29-23-11-7-20(8-12-23)25(2)30-17-15-27/h3-14H,15-18,27-28H2,1-2H3. The molecular formula is C24H30B2N2OS2. The van der Waals surface area contributed by atoms with Crippen LogP contribution in [-0.4, -0.2) is 36.6 Å². The topological polar surface area (TPSA) is 61.3 Å². The molecule has 0 aromatic heterocycles. The molecule has 0 aliphatic rings. The normalized spacial score (nSPS) is 10.7. The Hall–Kier alpha value is -1.79. The van der Waals surface area contributed by atoms with Crippen LogP contribution >= 0.6 is 23.2 Å². The molecule has 0 heterocycles. The number of aryl methyl sites for hydroxylation is 1. The van der Waals surface area contributed by atoms with Gasteiger partial charge in [0.25, 0.3) is 5.99 Å². The van der Waals surface area contributed by atoms with E-state index in [1.165, 1.54) is 22.0 Å². The molecule has 0 fully saturated rings. The van der Waals surface area contributed by atoms with Crippen molar-refractivity contribution in [2.45, 2.75) is 13.7 Å². The average molecular weight is 448 g/mol. The Bertz CT molecular complexity index is 922. The number of rotatable bonds is 11. The molecule has 7 heteroatoms. The van der Waals surface area contributed by atoms with E-state index in [0.717, 1.165) is 23.0 Å². The molecule has 0 spiro atoms. The Kier molecular flexibility index (Phi) is 9.47. The van der Waals surface area contributed by atoms with Crippen LogP contribution in [0.15, 0.2) is 72.8 Å². The first-order valence-electron chi connectivity index (χ1n) is 10.7. The maximum absolute atomic E-state index is 6.08. The Morgan fingerprint density at radius 1 is 0.677 bits per heavy atom. The SMILES string of the molecule is CB(SCCN)c1ccc(Oc2ccc(B(SCCN)c3ccc(C)cc3)cc2)cc1. The van der Waals surface area contributed by atoms with Gasteiger partial charge in [-0.05, 0) is 42.7 Å². The number of hydrogen-bond acceptors (Lipinski definition) is 5. The molecule has 0 aliphatic heterocycles. The summed E-state index contributed by atoms with van der Waals surface area (Å²) < 4.78 is 6.08. The van der Waals surface area contributed by atoms with Crippen LogP contribution < -0.4 is 32.6 Å². The van der Waals surface area contributed by atoms with Crippen molar-refractivity contribution in [3.8, 4) is 11.5 Å². The quantitative estimate of drug-likeness (QED) is 0.442. The summed E-state index contributed by atoms with van der Waals surface area (Å²) in [4.78, 5) is 0. The molecule has 0 bridgehead atoms. The van der Waals surface area contributed by atoms with E-state index >= 15 is 0 Å². The predicted octanol–water partition coefficient (Wildman–Crippen LogP) is 3.11. The van der Waals surface area contributed by atoms with E-state index in [0.29, 0.717) is 19.1 Å². The fourth-order valence-corrected chi connectivity index (χ4v) is 5.22. The molecule has 3 rings (SSSR count). The Labute approximate surface area is 195 Å². The Morgan fingerprint density at radius 2 is 1.13 bits per heavy atom. The van der Waals surface area contributed by atoms with Gasteiger partial charge in [-0.3, -0.25) is 0 Å². The number of hydrogen-bond donors (Lipinski definition) is 2. The minimum atomic E-state index is 0.269. The molecule has 0 unspecified atom stereocenters. The molecule has 0 radical (unpaired) electrons. The number of benzene rings is 3. The molecule has 160 valence electrons. The van der Waals surface area contributed by atoms with Crippen LogP contribution in [0.25, 0.3) is 0 Å². The second-order valence-corrected chi connectivity index (χ2v) is 10.2. The zero-order chi connectivity index (χ0) is 22.1. The predicted molar refractivity (Wildman–Crippen MR) is 143 cm³/mol. The van der Waals surface area contributed by atoms with Gasteiger partial charge in [-0.2, -0.15) is 11.6 Å². The third kappa shape index (κ3) is 7.11. The van der Waals surface area contributed by atoms with Gasteiger partial charge in [-0.15, -0.1) is 0 Å². The lowest BCUT2D eigenvalue weighted by molar-refractivity contribution is 0.483. The van der Waals surface area contributed by atoms with Gasteiger partial charge >= 0.3 is 0 Å². The highest BCUT2D eigenvalue weighted by Crippen LogP contribution is 2.21. The molecule has 3 aromatic carbocycles. The van der Waals surface area contributed by atoms with Crippen LogP contribution in [-0.2, 0) is 0 Å². The van der Waals surface area contributed by atoms with Gasteiger partial charge < -0.3 is 16.2 Å². The van der Waals surface area contributed by atoms with Crippen molar-refractivity contribution in [3.05, 3.63) is 78.4 Å². The molecule has 0 aliphatic carbocycles. The van der Waals surface area contributed by atoms with Crippen molar-refractivity contribution in [2.75, 3.05) is 24.6 Å². The smallest absolute Gasteiger partial charge is 0.274 e. The third-order valence-electron chi connectivity index (χ3n) is 5.04. The van der Waals surface area contributed by atoms with Crippen LogP contribution in [0.3, 0.4) is 0 Å². The van der Waals surface area contributed by atoms with Crippen molar-refractivity contribution in [1.82, 2.24) is 0 Å². The van der Waals surface area contributed by atoms with Crippen molar-refractivity contribution < 1.29 is 4.74 Å². The molecule has 0 saturated carbocycles. The zero-order valence-corrected chi connectivity index (χ0v) is 19.9. The first-order valence-corrected chi connectivity index (χ1v) is 12.8. The molecule has 0 atom stereocenters. The van der Waals surface area contributed by atoms with Gasteiger partial charge in [0.1, 0.15) is 11.5 Å². The van der Waals surface area contributed by atoms with E-state index in [2.05, 4.69) is 62.3 Å². The lowest BCUT2D eigenvalue weighted by Crippen LogP contribution is -2.40. The molecule has 0 saturated heterocycles. The van der Waals surface area contributed by atoms with Crippen molar-refractivity contribution >= 4 is 51.6 Å². The Balaban J connectivity index is 1.68. The van der Waals surface area contributed by atoms with Gasteiger partial charge in [0.2, 0.25) is 5.99 Å². The van der Waals surface area contributed by atoms with E-state index in [1.54, 1.807) is 0 Å². The van der Waals surface area contributed by atoms with Gasteiger partial charge in [0.05, 0.1) is 0 Å². The lowest BCUT2D eigenvalue weighted by atomic mass is 9.62. The van der Waals surface area contributed by atoms with Crippen LogP contribution in [0.5, 0.6) is 11.5 Å². The molecule has 4 N–H and O–H groups in total. The summed E-state index contributed by atoms with van der Waals surface area (Å²) in [5.74, 6) is 4.28. The zero-order valence-electron chi connectivity index (χ0n) is 18.3. The molecule has 3 aromatic rings. The second-order valence-electron chi connectivity index (χ2n) is 7.49.